The van der Waals surface area contributed by atoms with Crippen LogP contribution >= 0.6 is 23.2 Å². The van der Waals surface area contributed by atoms with Gasteiger partial charge in [0.1, 0.15) is 5.75 Å². The van der Waals surface area contributed by atoms with Gasteiger partial charge in [-0.3, -0.25) is 15.5 Å². The summed E-state index contributed by atoms with van der Waals surface area (Å²) in [5.74, 6) is -0.295. The van der Waals surface area contributed by atoms with Crippen LogP contribution in [-0.4, -0.2) is 24.4 Å². The molecule has 0 saturated carbocycles. The van der Waals surface area contributed by atoms with E-state index in [1.165, 1.54) is 6.07 Å². The van der Waals surface area contributed by atoms with Gasteiger partial charge in [-0.25, -0.2) is 4.79 Å². The Morgan fingerprint density at radius 3 is 2.31 bits per heavy atom. The first kappa shape index (κ1) is 26.2. The summed E-state index contributed by atoms with van der Waals surface area (Å²) in [6.45, 7) is 2.55. The quantitative estimate of drug-likeness (QED) is 0.165. The number of benzene rings is 3. The number of ether oxygens (including phenoxy) is 2. The van der Waals surface area contributed by atoms with Gasteiger partial charge in [-0.15, -0.1) is 0 Å². The summed E-state index contributed by atoms with van der Waals surface area (Å²) < 4.78 is 11.6. The molecule has 3 amide bonds. The number of imide groups is 1. The third kappa shape index (κ3) is 7.82. The molecule has 0 aliphatic heterocycles. The van der Waals surface area contributed by atoms with Crippen LogP contribution in [0.1, 0.15) is 41.8 Å². The molecule has 3 rings (SSSR count). The number of carbonyl (C=O) groups is 2. The van der Waals surface area contributed by atoms with Crippen molar-refractivity contribution in [1.29, 1.82) is 5.41 Å². The smallest absolute Gasteiger partial charge is 0.326 e. The van der Waals surface area contributed by atoms with Crippen LogP contribution in [0.4, 0.5) is 10.5 Å². The van der Waals surface area contributed by atoms with Crippen molar-refractivity contribution in [2.45, 2.75) is 25.9 Å². The second kappa shape index (κ2) is 12.9. The fraction of sp³-hybridized carbons (Fsp3) is 0.192. The molecule has 3 aromatic carbocycles. The molecule has 0 aliphatic carbocycles. The van der Waals surface area contributed by atoms with Crippen LogP contribution < -0.4 is 15.4 Å². The minimum atomic E-state index is -0.705. The van der Waals surface area contributed by atoms with Gasteiger partial charge in [-0.05, 0) is 60.5 Å². The second-order valence-corrected chi connectivity index (χ2v) is 8.38. The summed E-state index contributed by atoms with van der Waals surface area (Å²) in [5, 5.41) is 14.1. The van der Waals surface area contributed by atoms with Gasteiger partial charge in [0.15, 0.2) is 6.10 Å². The monoisotopic (exact) mass is 513 g/mol. The lowest BCUT2D eigenvalue weighted by molar-refractivity contribution is 0.0845. The Balaban J connectivity index is 1.60. The van der Waals surface area contributed by atoms with Gasteiger partial charge < -0.3 is 14.8 Å². The Hall–Kier alpha value is -3.39. The van der Waals surface area contributed by atoms with Gasteiger partial charge in [0, 0.05) is 17.3 Å². The molecule has 0 heterocycles. The predicted octanol–water partition coefficient (Wildman–Crippen LogP) is 6.87. The van der Waals surface area contributed by atoms with Crippen LogP contribution in [0.15, 0.2) is 72.8 Å². The molecule has 0 bridgehead atoms. The molecule has 0 saturated heterocycles. The van der Waals surface area contributed by atoms with Gasteiger partial charge in [-0.2, -0.15) is 0 Å². The van der Waals surface area contributed by atoms with Crippen molar-refractivity contribution in [1.82, 2.24) is 5.32 Å². The molecule has 0 fully saturated rings. The second-order valence-electron chi connectivity index (χ2n) is 7.53. The van der Waals surface area contributed by atoms with E-state index in [2.05, 4.69) is 17.6 Å². The number of anilines is 1. The van der Waals surface area contributed by atoms with E-state index in [0.717, 1.165) is 18.4 Å². The normalized spacial score (nSPS) is 11.4. The Morgan fingerprint density at radius 1 is 0.971 bits per heavy atom. The van der Waals surface area contributed by atoms with Crippen molar-refractivity contribution in [2.24, 2.45) is 0 Å². The van der Waals surface area contributed by atoms with E-state index in [-0.39, 0.29) is 16.5 Å². The molecule has 7 nitrogen and oxygen atoms in total. The van der Waals surface area contributed by atoms with Crippen molar-refractivity contribution < 1.29 is 19.1 Å². The topological polar surface area (TPSA) is 101 Å². The van der Waals surface area contributed by atoms with E-state index in [1.54, 1.807) is 66.7 Å². The Morgan fingerprint density at radius 2 is 1.66 bits per heavy atom. The highest BCUT2D eigenvalue weighted by molar-refractivity contribution is 6.34. The highest BCUT2D eigenvalue weighted by Gasteiger charge is 2.20. The number of hydrogen-bond acceptors (Lipinski definition) is 5. The fourth-order valence-corrected chi connectivity index (χ4v) is 3.42. The van der Waals surface area contributed by atoms with E-state index >= 15 is 0 Å². The number of amides is 3. The van der Waals surface area contributed by atoms with Crippen LogP contribution in [0.3, 0.4) is 0 Å². The van der Waals surface area contributed by atoms with Crippen molar-refractivity contribution in [3.05, 3.63) is 94.0 Å². The van der Waals surface area contributed by atoms with Crippen LogP contribution in [0.5, 0.6) is 5.75 Å². The average molecular weight is 514 g/mol. The van der Waals surface area contributed by atoms with Gasteiger partial charge in [0.2, 0.25) is 5.90 Å². The number of urea groups is 1. The molecular weight excluding hydrogens is 489 g/mol. The third-order valence-corrected chi connectivity index (χ3v) is 5.46. The minimum Gasteiger partial charge on any atom is -0.440 e. The largest absolute Gasteiger partial charge is 0.440 e. The van der Waals surface area contributed by atoms with Crippen LogP contribution in [-0.2, 0) is 4.74 Å². The highest BCUT2D eigenvalue weighted by atomic mass is 35.5. The molecule has 1 unspecified atom stereocenters. The standard InChI is InChI=1S/C26H25Cl2N3O4/c1-2-3-16-34-23(17-8-10-18(27)11-9-17)24(29)35-20-14-12-19(13-15-20)30-26(33)31-25(32)21-6-4-5-7-22(21)28/h4-15,23,29H,2-3,16H2,1H3,(H2,30,31,32,33). The first-order valence-corrected chi connectivity index (χ1v) is 11.7. The SMILES string of the molecule is CCCCOC(C(=N)Oc1ccc(NC(=O)NC(=O)c2ccccc2Cl)cc1)c1ccc(Cl)cc1. The lowest BCUT2D eigenvalue weighted by Crippen LogP contribution is -2.34. The zero-order valence-electron chi connectivity index (χ0n) is 19.0. The molecule has 0 radical (unpaired) electrons. The molecule has 0 aliphatic rings. The molecule has 9 heteroatoms. The number of hydrogen-bond donors (Lipinski definition) is 3. The number of rotatable bonds is 9. The predicted molar refractivity (Wildman–Crippen MR) is 138 cm³/mol. The Bertz CT molecular complexity index is 1170. The lowest BCUT2D eigenvalue weighted by Gasteiger charge is -2.19. The van der Waals surface area contributed by atoms with E-state index in [9.17, 15) is 9.59 Å². The van der Waals surface area contributed by atoms with Crippen molar-refractivity contribution in [3.8, 4) is 5.75 Å². The Kier molecular flexibility index (Phi) is 9.66. The van der Waals surface area contributed by atoms with Gasteiger partial charge in [0.25, 0.3) is 5.91 Å². The summed E-state index contributed by atoms with van der Waals surface area (Å²) >= 11 is 12.0. The molecule has 182 valence electrons. The summed E-state index contributed by atoms with van der Waals surface area (Å²) in [4.78, 5) is 24.4. The van der Waals surface area contributed by atoms with Gasteiger partial charge in [-0.1, -0.05) is 60.8 Å². The summed E-state index contributed by atoms with van der Waals surface area (Å²) in [5.41, 5.74) is 1.39. The summed E-state index contributed by atoms with van der Waals surface area (Å²) in [6, 6.07) is 19.2. The lowest BCUT2D eigenvalue weighted by atomic mass is 10.1. The van der Waals surface area contributed by atoms with Gasteiger partial charge in [0.05, 0.1) is 10.6 Å². The maximum Gasteiger partial charge on any atom is 0.326 e. The Labute approximate surface area is 213 Å². The number of unbranched alkanes of at least 4 members (excludes halogenated alkanes) is 1. The molecule has 35 heavy (non-hydrogen) atoms. The van der Waals surface area contributed by atoms with E-state index in [4.69, 9.17) is 38.1 Å². The fourth-order valence-electron chi connectivity index (χ4n) is 3.07. The zero-order valence-corrected chi connectivity index (χ0v) is 20.5. The van der Waals surface area contributed by atoms with E-state index in [1.807, 2.05) is 0 Å². The van der Waals surface area contributed by atoms with Gasteiger partial charge >= 0.3 is 6.03 Å². The maximum absolute atomic E-state index is 12.2. The zero-order chi connectivity index (χ0) is 25.2. The number of nitrogens with one attached hydrogen (secondary N) is 3. The van der Waals surface area contributed by atoms with Crippen molar-refractivity contribution >= 4 is 46.7 Å². The number of carbonyl (C=O) groups excluding carboxylic acids is 2. The summed E-state index contributed by atoms with van der Waals surface area (Å²) in [6.07, 6.45) is 1.14. The molecular formula is C26H25Cl2N3O4. The molecule has 3 aromatic rings. The average Bonchev–Trinajstić information content (AvgIpc) is 2.84. The van der Waals surface area contributed by atoms with E-state index < -0.39 is 18.0 Å². The van der Waals surface area contributed by atoms with Crippen molar-refractivity contribution in [2.75, 3.05) is 11.9 Å². The first-order valence-electron chi connectivity index (χ1n) is 11.0. The van der Waals surface area contributed by atoms with Crippen LogP contribution in [0.25, 0.3) is 0 Å². The molecule has 1 atom stereocenters. The maximum atomic E-state index is 12.2. The van der Waals surface area contributed by atoms with Crippen LogP contribution in [0, 0.1) is 5.41 Å². The van der Waals surface area contributed by atoms with Crippen LogP contribution in [0.2, 0.25) is 10.0 Å². The third-order valence-electron chi connectivity index (χ3n) is 4.88. The molecule has 0 aromatic heterocycles. The molecule has 3 N–H and O–H groups in total. The first-order chi connectivity index (χ1) is 16.9. The minimum absolute atomic E-state index is 0.0767. The number of halogens is 2. The van der Waals surface area contributed by atoms with E-state index in [0.29, 0.717) is 23.1 Å². The molecule has 0 spiro atoms. The highest BCUT2D eigenvalue weighted by Crippen LogP contribution is 2.24. The summed E-state index contributed by atoms with van der Waals surface area (Å²) in [7, 11) is 0. The van der Waals surface area contributed by atoms with Crippen molar-refractivity contribution in [3.63, 3.8) is 0 Å².